The Labute approximate surface area is 152 Å². The van der Waals surface area contributed by atoms with Gasteiger partial charge in [0.2, 0.25) is 0 Å². The van der Waals surface area contributed by atoms with Crippen LogP contribution in [0.3, 0.4) is 0 Å². The number of hydrogen-bond donors (Lipinski definition) is 0. The minimum Gasteiger partial charge on any atom is -0.479 e. The summed E-state index contributed by atoms with van der Waals surface area (Å²) in [6, 6.07) is 7.36. The van der Waals surface area contributed by atoms with Crippen LogP contribution in [-0.2, 0) is 11.3 Å². The molecule has 0 saturated heterocycles. The van der Waals surface area contributed by atoms with Gasteiger partial charge in [-0.25, -0.2) is 0 Å². The molecule has 0 fully saturated rings. The molecule has 9 heteroatoms. The van der Waals surface area contributed by atoms with Gasteiger partial charge in [-0.15, -0.1) is 0 Å². The fourth-order valence-electron chi connectivity index (χ4n) is 2.09. The molecule has 0 N–H and O–H groups in total. The lowest BCUT2D eigenvalue weighted by molar-refractivity contribution is -0.166. The molecule has 0 spiro atoms. The Morgan fingerprint density at radius 1 is 1.32 bits per heavy atom. The number of hydrogen-bond acceptors (Lipinski definition) is 3. The molecule has 1 aromatic heterocycles. The van der Waals surface area contributed by atoms with Crippen molar-refractivity contribution < 1.29 is 27.1 Å². The average Bonchev–Trinajstić information content (AvgIpc) is 3.00. The summed E-state index contributed by atoms with van der Waals surface area (Å²) >= 11 is 11.7. The summed E-state index contributed by atoms with van der Waals surface area (Å²) < 4.78 is 48.8. The Kier molecular flexibility index (Phi) is 6.24. The summed E-state index contributed by atoms with van der Waals surface area (Å²) in [5.41, 5.74) is 0. The lowest BCUT2D eigenvalue weighted by Crippen LogP contribution is -2.44. The maximum absolute atomic E-state index is 12.8. The first kappa shape index (κ1) is 19.5. The molecule has 0 aliphatic carbocycles. The third kappa shape index (κ3) is 5.86. The van der Waals surface area contributed by atoms with Crippen LogP contribution in [0.2, 0.25) is 10.0 Å². The average molecular weight is 396 g/mol. The van der Waals surface area contributed by atoms with E-state index in [2.05, 4.69) is 0 Å². The molecule has 1 unspecified atom stereocenters. The van der Waals surface area contributed by atoms with E-state index in [0.717, 1.165) is 0 Å². The van der Waals surface area contributed by atoms with Crippen molar-refractivity contribution in [2.24, 2.45) is 0 Å². The summed E-state index contributed by atoms with van der Waals surface area (Å²) in [6.07, 6.45) is -4.42. The number of amides is 1. The zero-order valence-electron chi connectivity index (χ0n) is 13.0. The molecular weight excluding hydrogens is 382 g/mol. The Hall–Kier alpha value is -1.86. The van der Waals surface area contributed by atoms with Gasteiger partial charge >= 0.3 is 6.18 Å². The van der Waals surface area contributed by atoms with Crippen LogP contribution in [0.15, 0.2) is 41.0 Å². The monoisotopic (exact) mass is 395 g/mol. The maximum atomic E-state index is 12.8. The largest absolute Gasteiger partial charge is 0.479 e. The SMILES string of the molecule is CC(Oc1ccc(Cl)cc1Cl)C(=O)N(Cc1ccco1)CC(F)(F)F. The molecule has 1 aromatic carbocycles. The molecule has 25 heavy (non-hydrogen) atoms. The summed E-state index contributed by atoms with van der Waals surface area (Å²) in [5, 5.41) is 0.522. The van der Waals surface area contributed by atoms with Crippen LogP contribution in [0, 0.1) is 0 Å². The highest BCUT2D eigenvalue weighted by atomic mass is 35.5. The highest BCUT2D eigenvalue weighted by Crippen LogP contribution is 2.29. The third-order valence-corrected chi connectivity index (χ3v) is 3.68. The molecule has 0 radical (unpaired) electrons. The van der Waals surface area contributed by atoms with Crippen molar-refractivity contribution in [1.29, 1.82) is 0 Å². The van der Waals surface area contributed by atoms with Crippen molar-refractivity contribution in [3.8, 4) is 5.75 Å². The third-order valence-electron chi connectivity index (χ3n) is 3.15. The van der Waals surface area contributed by atoms with E-state index in [1.54, 1.807) is 0 Å². The van der Waals surface area contributed by atoms with Crippen LogP contribution in [0.1, 0.15) is 12.7 Å². The zero-order chi connectivity index (χ0) is 18.6. The first-order valence-corrected chi connectivity index (χ1v) is 7.91. The van der Waals surface area contributed by atoms with Gasteiger partial charge in [-0.1, -0.05) is 23.2 Å². The molecule has 2 rings (SSSR count). The van der Waals surface area contributed by atoms with Gasteiger partial charge in [0, 0.05) is 5.02 Å². The highest BCUT2D eigenvalue weighted by Gasteiger charge is 2.35. The Balaban J connectivity index is 2.13. The second-order valence-electron chi connectivity index (χ2n) is 5.22. The predicted octanol–water partition coefficient (Wildman–Crippen LogP) is 4.94. The van der Waals surface area contributed by atoms with Crippen LogP contribution in [0.5, 0.6) is 5.75 Å². The van der Waals surface area contributed by atoms with Crippen LogP contribution >= 0.6 is 23.2 Å². The number of halogens is 5. The first-order valence-electron chi connectivity index (χ1n) is 7.15. The molecule has 1 atom stereocenters. The van der Waals surface area contributed by atoms with E-state index in [0.29, 0.717) is 9.92 Å². The van der Waals surface area contributed by atoms with Gasteiger partial charge in [-0.05, 0) is 37.3 Å². The van der Waals surface area contributed by atoms with E-state index in [9.17, 15) is 18.0 Å². The van der Waals surface area contributed by atoms with Crippen molar-refractivity contribution in [3.63, 3.8) is 0 Å². The number of furan rings is 1. The van der Waals surface area contributed by atoms with Gasteiger partial charge in [0.25, 0.3) is 5.91 Å². The Morgan fingerprint density at radius 2 is 2.04 bits per heavy atom. The van der Waals surface area contributed by atoms with Gasteiger partial charge < -0.3 is 14.1 Å². The summed E-state index contributed by atoms with van der Waals surface area (Å²) in [4.78, 5) is 13.0. The minimum atomic E-state index is -4.56. The van der Waals surface area contributed by atoms with E-state index in [1.165, 1.54) is 43.5 Å². The van der Waals surface area contributed by atoms with E-state index in [-0.39, 0.29) is 23.1 Å². The quantitative estimate of drug-likeness (QED) is 0.695. The standard InChI is InChI=1S/C16H14Cl2F3NO3/c1-10(25-14-5-4-11(17)7-13(14)18)15(23)22(9-16(19,20)21)8-12-3-2-6-24-12/h2-7,10H,8-9H2,1H3. The second-order valence-corrected chi connectivity index (χ2v) is 6.07. The molecule has 0 bridgehead atoms. The van der Waals surface area contributed by atoms with Crippen LogP contribution in [-0.4, -0.2) is 29.6 Å². The van der Waals surface area contributed by atoms with E-state index >= 15 is 0 Å². The number of carbonyl (C=O) groups is 1. The molecule has 1 heterocycles. The number of benzene rings is 1. The van der Waals surface area contributed by atoms with Gasteiger partial charge in [-0.3, -0.25) is 4.79 Å². The van der Waals surface area contributed by atoms with Gasteiger partial charge in [0.15, 0.2) is 6.10 Å². The molecule has 0 aliphatic rings. The zero-order valence-corrected chi connectivity index (χ0v) is 14.5. The Bertz CT molecular complexity index is 720. The first-order chi connectivity index (χ1) is 11.7. The van der Waals surface area contributed by atoms with Crippen LogP contribution in [0.4, 0.5) is 13.2 Å². The molecule has 4 nitrogen and oxygen atoms in total. The molecule has 1 amide bonds. The van der Waals surface area contributed by atoms with E-state index < -0.39 is 24.7 Å². The smallest absolute Gasteiger partial charge is 0.406 e. The minimum absolute atomic E-state index is 0.150. The van der Waals surface area contributed by atoms with Gasteiger partial charge in [-0.2, -0.15) is 13.2 Å². The van der Waals surface area contributed by atoms with Crippen molar-refractivity contribution in [2.45, 2.75) is 25.7 Å². The fourth-order valence-corrected chi connectivity index (χ4v) is 2.54. The fraction of sp³-hybridized carbons (Fsp3) is 0.312. The lowest BCUT2D eigenvalue weighted by atomic mass is 10.3. The normalized spacial score (nSPS) is 12.7. The van der Waals surface area contributed by atoms with E-state index in [1.807, 2.05) is 0 Å². The number of alkyl halides is 3. The second kappa shape index (κ2) is 8.01. The van der Waals surface area contributed by atoms with Crippen molar-refractivity contribution in [2.75, 3.05) is 6.54 Å². The van der Waals surface area contributed by atoms with Gasteiger partial charge in [0.1, 0.15) is 18.1 Å². The number of rotatable bonds is 6. The molecule has 2 aromatic rings. The predicted molar refractivity (Wildman–Crippen MR) is 86.7 cm³/mol. The highest BCUT2D eigenvalue weighted by molar-refractivity contribution is 6.35. The van der Waals surface area contributed by atoms with Crippen LogP contribution < -0.4 is 4.74 Å². The topological polar surface area (TPSA) is 42.7 Å². The molecular formula is C16H14Cl2F3NO3. The van der Waals surface area contributed by atoms with Crippen molar-refractivity contribution in [3.05, 3.63) is 52.4 Å². The number of ether oxygens (including phenoxy) is 1. The van der Waals surface area contributed by atoms with Crippen molar-refractivity contribution >= 4 is 29.1 Å². The summed E-state index contributed by atoms with van der Waals surface area (Å²) in [7, 11) is 0. The lowest BCUT2D eigenvalue weighted by Gasteiger charge is -2.26. The number of carbonyl (C=O) groups excluding carboxylic acids is 1. The van der Waals surface area contributed by atoms with Crippen LogP contribution in [0.25, 0.3) is 0 Å². The summed E-state index contributed by atoms with van der Waals surface area (Å²) in [6.45, 7) is -0.402. The van der Waals surface area contributed by atoms with Gasteiger partial charge in [0.05, 0.1) is 17.8 Å². The molecule has 0 aliphatic heterocycles. The van der Waals surface area contributed by atoms with E-state index in [4.69, 9.17) is 32.4 Å². The molecule has 136 valence electrons. The van der Waals surface area contributed by atoms with Crippen molar-refractivity contribution in [1.82, 2.24) is 4.90 Å². The molecule has 0 saturated carbocycles. The summed E-state index contributed by atoms with van der Waals surface area (Å²) in [5.74, 6) is -0.467. The Morgan fingerprint density at radius 3 is 2.60 bits per heavy atom. The number of nitrogens with zero attached hydrogens (tertiary/aromatic N) is 1. The maximum Gasteiger partial charge on any atom is 0.406 e.